The number of nitrogens with one attached hydrogen (secondary N) is 2. The van der Waals surface area contributed by atoms with Crippen molar-refractivity contribution in [2.75, 3.05) is 11.1 Å². The Bertz CT molecular complexity index is 1320. The summed E-state index contributed by atoms with van der Waals surface area (Å²) in [6.45, 7) is 0. The van der Waals surface area contributed by atoms with Crippen molar-refractivity contribution in [2.24, 2.45) is 7.05 Å². The predicted molar refractivity (Wildman–Crippen MR) is 117 cm³/mol. The Morgan fingerprint density at radius 2 is 1.93 bits per heavy atom. The van der Waals surface area contributed by atoms with Gasteiger partial charge in [-0.05, 0) is 29.8 Å². The molecule has 2 aromatic heterocycles. The molecule has 8 heteroatoms. The lowest BCUT2D eigenvalue weighted by molar-refractivity contribution is -0.113. The quantitative estimate of drug-likeness (QED) is 0.383. The van der Waals surface area contributed by atoms with Crippen LogP contribution in [0.4, 0.5) is 5.69 Å². The van der Waals surface area contributed by atoms with Crippen molar-refractivity contribution in [3.05, 3.63) is 76.7 Å². The van der Waals surface area contributed by atoms with Crippen LogP contribution in [0.15, 0.2) is 70.7 Å². The molecule has 0 aliphatic carbocycles. The van der Waals surface area contributed by atoms with Crippen LogP contribution in [0.1, 0.15) is 5.56 Å². The fraction of sp³-hybridized carbons (Fsp3) is 0.0909. The third-order valence-corrected chi connectivity index (χ3v) is 5.61. The molecule has 4 aromatic rings. The molecule has 30 heavy (non-hydrogen) atoms. The summed E-state index contributed by atoms with van der Waals surface area (Å²) in [6.07, 6.45) is 1.78. The van der Waals surface area contributed by atoms with Crippen LogP contribution in [-0.4, -0.2) is 26.2 Å². The fourth-order valence-electron chi connectivity index (χ4n) is 3.04. The summed E-state index contributed by atoms with van der Waals surface area (Å²) in [5.74, 6) is -0.131. The lowest BCUT2D eigenvalue weighted by Crippen LogP contribution is -2.21. The molecule has 0 spiro atoms. The molecule has 0 fully saturated rings. The number of nitrogens with zero attached hydrogens (tertiary/aromatic N) is 3. The number of hydrogen-bond donors (Lipinski definition) is 2. The van der Waals surface area contributed by atoms with Crippen molar-refractivity contribution in [3.8, 4) is 17.2 Å². The number of amides is 1. The summed E-state index contributed by atoms with van der Waals surface area (Å²) in [5, 5.41) is 12.1. The molecule has 7 nitrogen and oxygen atoms in total. The molecular weight excluding hydrogens is 398 g/mol. The maximum absolute atomic E-state index is 12.7. The molecule has 0 aliphatic heterocycles. The summed E-state index contributed by atoms with van der Waals surface area (Å²) in [7, 11) is 1.64. The monoisotopic (exact) mass is 415 g/mol. The van der Waals surface area contributed by atoms with Gasteiger partial charge in [0.25, 0.3) is 5.56 Å². The summed E-state index contributed by atoms with van der Waals surface area (Å²) in [6, 6.07) is 18.4. The number of hydrogen-bond acceptors (Lipinski definition) is 5. The van der Waals surface area contributed by atoms with E-state index < -0.39 is 0 Å². The van der Waals surface area contributed by atoms with Crippen LogP contribution in [0.2, 0.25) is 0 Å². The second kappa shape index (κ2) is 8.27. The average Bonchev–Trinajstić information content (AvgIpc) is 3.20. The Morgan fingerprint density at radius 1 is 1.20 bits per heavy atom. The van der Waals surface area contributed by atoms with Gasteiger partial charge in [0.1, 0.15) is 11.0 Å². The second-order valence-electron chi connectivity index (χ2n) is 6.58. The molecule has 2 N–H and O–H groups in total. The van der Waals surface area contributed by atoms with Crippen molar-refractivity contribution in [1.29, 1.82) is 5.26 Å². The van der Waals surface area contributed by atoms with Gasteiger partial charge < -0.3 is 10.3 Å². The van der Waals surface area contributed by atoms with E-state index in [0.717, 1.165) is 11.1 Å². The van der Waals surface area contributed by atoms with Crippen LogP contribution in [0.5, 0.6) is 0 Å². The van der Waals surface area contributed by atoms with Gasteiger partial charge in [0, 0.05) is 24.5 Å². The van der Waals surface area contributed by atoms with E-state index >= 15 is 0 Å². The van der Waals surface area contributed by atoms with Crippen LogP contribution < -0.4 is 10.9 Å². The molecule has 0 bridgehead atoms. The van der Waals surface area contributed by atoms with Gasteiger partial charge in [-0.15, -0.1) is 0 Å². The molecule has 0 unspecified atom stereocenters. The van der Waals surface area contributed by atoms with Gasteiger partial charge >= 0.3 is 0 Å². The zero-order valence-corrected chi connectivity index (χ0v) is 16.9. The van der Waals surface area contributed by atoms with Crippen molar-refractivity contribution < 1.29 is 4.79 Å². The minimum atomic E-state index is -0.226. The maximum atomic E-state index is 12.7. The first-order valence-corrected chi connectivity index (χ1v) is 10.1. The standard InChI is InChI=1S/C22H17N5O2S/c1-27-21(29)20-19(17(12-24-20)15-5-3-2-4-6-15)26-22(27)30-13-18(28)25-16-9-7-14(11-23)8-10-16/h2-10,12,24H,13H2,1H3,(H,25,28). The Balaban J connectivity index is 1.56. The molecule has 0 saturated carbocycles. The molecule has 4 rings (SSSR count). The van der Waals surface area contributed by atoms with Gasteiger partial charge in [0.2, 0.25) is 5.91 Å². The molecule has 0 saturated heterocycles. The highest BCUT2D eigenvalue weighted by Crippen LogP contribution is 2.27. The van der Waals surface area contributed by atoms with E-state index in [4.69, 9.17) is 5.26 Å². The van der Waals surface area contributed by atoms with Crippen LogP contribution in [0, 0.1) is 11.3 Å². The SMILES string of the molecule is Cn1c(SCC(=O)Nc2ccc(C#N)cc2)nc2c(-c3ccccc3)c[nH]c2c1=O. The van der Waals surface area contributed by atoms with E-state index in [-0.39, 0.29) is 17.2 Å². The van der Waals surface area contributed by atoms with E-state index in [1.165, 1.54) is 16.3 Å². The van der Waals surface area contributed by atoms with E-state index in [1.54, 1.807) is 37.5 Å². The molecule has 0 aliphatic rings. The summed E-state index contributed by atoms with van der Waals surface area (Å²) < 4.78 is 1.44. The molecule has 148 valence electrons. The topological polar surface area (TPSA) is 104 Å². The van der Waals surface area contributed by atoms with Crippen LogP contribution in [0.3, 0.4) is 0 Å². The number of anilines is 1. The summed E-state index contributed by atoms with van der Waals surface area (Å²) in [5.41, 5.74) is 3.75. The third kappa shape index (κ3) is 3.83. The van der Waals surface area contributed by atoms with E-state index in [0.29, 0.717) is 27.4 Å². The van der Waals surface area contributed by atoms with Crippen LogP contribution >= 0.6 is 11.8 Å². The van der Waals surface area contributed by atoms with Gasteiger partial charge in [0.05, 0.1) is 17.4 Å². The van der Waals surface area contributed by atoms with Gasteiger partial charge in [-0.1, -0.05) is 42.1 Å². The lowest BCUT2D eigenvalue weighted by atomic mass is 10.1. The number of aromatic nitrogens is 3. The maximum Gasteiger partial charge on any atom is 0.278 e. The van der Waals surface area contributed by atoms with Crippen molar-refractivity contribution in [2.45, 2.75) is 5.16 Å². The number of carbonyl (C=O) groups excluding carboxylic acids is 1. The third-order valence-electron chi connectivity index (χ3n) is 4.58. The minimum absolute atomic E-state index is 0.0941. The van der Waals surface area contributed by atoms with E-state index in [2.05, 4.69) is 15.3 Å². The van der Waals surface area contributed by atoms with E-state index in [1.807, 2.05) is 36.4 Å². The lowest BCUT2D eigenvalue weighted by Gasteiger charge is -2.08. The zero-order chi connectivity index (χ0) is 21.1. The molecule has 2 heterocycles. The normalized spacial score (nSPS) is 10.7. The summed E-state index contributed by atoms with van der Waals surface area (Å²) >= 11 is 1.19. The minimum Gasteiger partial charge on any atom is -0.355 e. The number of carbonyl (C=O) groups is 1. The first-order chi connectivity index (χ1) is 14.6. The number of benzene rings is 2. The van der Waals surface area contributed by atoms with Gasteiger partial charge in [0.15, 0.2) is 5.16 Å². The smallest absolute Gasteiger partial charge is 0.278 e. The second-order valence-corrected chi connectivity index (χ2v) is 7.52. The first-order valence-electron chi connectivity index (χ1n) is 9.13. The number of rotatable bonds is 5. The summed E-state index contributed by atoms with van der Waals surface area (Å²) in [4.78, 5) is 32.7. The van der Waals surface area contributed by atoms with Gasteiger partial charge in [-0.2, -0.15) is 5.26 Å². The zero-order valence-electron chi connectivity index (χ0n) is 16.0. The van der Waals surface area contributed by atoms with Gasteiger partial charge in [-0.3, -0.25) is 14.2 Å². The Kier molecular flexibility index (Phi) is 5.37. The van der Waals surface area contributed by atoms with Crippen LogP contribution in [-0.2, 0) is 11.8 Å². The average molecular weight is 415 g/mol. The van der Waals surface area contributed by atoms with Gasteiger partial charge in [-0.25, -0.2) is 4.98 Å². The highest BCUT2D eigenvalue weighted by Gasteiger charge is 2.16. The molecular formula is C22H17N5O2S. The predicted octanol–water partition coefficient (Wildman–Crippen LogP) is 3.53. The number of fused-ring (bicyclic) bond motifs is 1. The Morgan fingerprint density at radius 3 is 2.63 bits per heavy atom. The first kappa shape index (κ1) is 19.5. The molecule has 1 amide bonds. The van der Waals surface area contributed by atoms with Crippen molar-refractivity contribution in [1.82, 2.24) is 14.5 Å². The highest BCUT2D eigenvalue weighted by molar-refractivity contribution is 7.99. The number of aromatic amines is 1. The number of nitriles is 1. The van der Waals surface area contributed by atoms with Crippen molar-refractivity contribution >= 4 is 34.4 Å². The fourth-order valence-corrected chi connectivity index (χ4v) is 3.81. The number of thioether (sulfide) groups is 1. The van der Waals surface area contributed by atoms with E-state index in [9.17, 15) is 9.59 Å². The molecule has 2 aromatic carbocycles. The molecule has 0 radical (unpaired) electrons. The highest BCUT2D eigenvalue weighted by atomic mass is 32.2. The largest absolute Gasteiger partial charge is 0.355 e. The number of H-pyrrole nitrogens is 1. The van der Waals surface area contributed by atoms with Crippen LogP contribution in [0.25, 0.3) is 22.2 Å². The van der Waals surface area contributed by atoms with Crippen molar-refractivity contribution in [3.63, 3.8) is 0 Å². The molecule has 0 atom stereocenters. The Hall–Kier alpha value is -3.83. The Labute approximate surface area is 176 Å².